The van der Waals surface area contributed by atoms with Crippen LogP contribution in [0.4, 0.5) is 0 Å². The second-order valence-electron chi connectivity index (χ2n) is 5.50. The van der Waals surface area contributed by atoms with E-state index in [1.807, 2.05) is 0 Å². The molecule has 0 aliphatic rings. The highest BCUT2D eigenvalue weighted by Gasteiger charge is 2.31. The van der Waals surface area contributed by atoms with Crippen LogP contribution < -0.4 is 0 Å². The van der Waals surface area contributed by atoms with Gasteiger partial charge in [0.25, 0.3) is 0 Å². The van der Waals surface area contributed by atoms with Gasteiger partial charge in [-0.3, -0.25) is 0 Å². The summed E-state index contributed by atoms with van der Waals surface area (Å²) in [5, 5.41) is 0. The van der Waals surface area contributed by atoms with Gasteiger partial charge in [0, 0.05) is 5.56 Å². The lowest BCUT2D eigenvalue weighted by Crippen LogP contribution is -2.53. The first kappa shape index (κ1) is 11.3. The monoisotopic (exact) mass is 192 g/mol. The van der Waals surface area contributed by atoms with Crippen molar-refractivity contribution in [3.05, 3.63) is 35.9 Å². The third kappa shape index (κ3) is 2.58. The van der Waals surface area contributed by atoms with Crippen molar-refractivity contribution in [2.45, 2.75) is 32.9 Å². The zero-order chi connectivity index (χ0) is 10.8. The van der Waals surface area contributed by atoms with Crippen LogP contribution in [-0.4, -0.2) is 24.1 Å². The first-order chi connectivity index (χ1) is 6.33. The van der Waals surface area contributed by atoms with Gasteiger partial charge in [-0.2, -0.15) is 0 Å². The van der Waals surface area contributed by atoms with Crippen LogP contribution in [0.25, 0.3) is 0 Å². The van der Waals surface area contributed by atoms with Gasteiger partial charge < -0.3 is 4.48 Å². The summed E-state index contributed by atoms with van der Waals surface area (Å²) >= 11 is 0. The first-order valence-electron chi connectivity index (χ1n) is 5.20. The molecule has 0 saturated carbocycles. The molecule has 14 heavy (non-hydrogen) atoms. The summed E-state index contributed by atoms with van der Waals surface area (Å²) in [7, 11) is 4.57. The average molecular weight is 192 g/mol. The molecule has 0 spiro atoms. The van der Waals surface area contributed by atoms with Crippen molar-refractivity contribution in [1.82, 2.24) is 0 Å². The Morgan fingerprint density at radius 1 is 1.00 bits per heavy atom. The Kier molecular flexibility index (Phi) is 3.01. The maximum atomic E-state index is 2.29. The normalized spacial score (nSPS) is 12.9. The molecule has 1 heteroatoms. The lowest BCUT2D eigenvalue weighted by molar-refractivity contribution is -0.948. The van der Waals surface area contributed by atoms with Gasteiger partial charge in [-0.05, 0) is 20.8 Å². The third-order valence-corrected chi connectivity index (χ3v) is 3.24. The van der Waals surface area contributed by atoms with E-state index in [1.165, 1.54) is 5.56 Å². The summed E-state index contributed by atoms with van der Waals surface area (Å²) in [4.78, 5) is 0. The van der Waals surface area contributed by atoms with Crippen LogP contribution in [-0.2, 0) is 6.54 Å². The Labute approximate surface area is 88.0 Å². The molecule has 1 aromatic carbocycles. The molecular formula is C13H22N+. The van der Waals surface area contributed by atoms with Crippen LogP contribution in [0.2, 0.25) is 0 Å². The van der Waals surface area contributed by atoms with E-state index in [0.717, 1.165) is 11.0 Å². The third-order valence-electron chi connectivity index (χ3n) is 3.24. The molecule has 0 saturated heterocycles. The van der Waals surface area contributed by atoms with E-state index in [0.29, 0.717) is 0 Å². The van der Waals surface area contributed by atoms with E-state index in [4.69, 9.17) is 0 Å². The molecule has 0 amide bonds. The summed E-state index contributed by atoms with van der Waals surface area (Å²) < 4.78 is 1.01. The highest BCUT2D eigenvalue weighted by molar-refractivity contribution is 5.13. The van der Waals surface area contributed by atoms with Crippen molar-refractivity contribution in [3.8, 4) is 0 Å². The highest BCUT2D eigenvalue weighted by atomic mass is 15.4. The Morgan fingerprint density at radius 3 is 1.93 bits per heavy atom. The number of hydrogen-bond donors (Lipinski definition) is 0. The molecule has 1 rings (SSSR count). The lowest BCUT2D eigenvalue weighted by Gasteiger charge is -2.42. The zero-order valence-corrected chi connectivity index (χ0v) is 10.0. The number of quaternary nitrogens is 1. The molecule has 0 aliphatic heterocycles. The Balaban J connectivity index is 2.79. The van der Waals surface area contributed by atoms with Gasteiger partial charge in [0.2, 0.25) is 0 Å². The van der Waals surface area contributed by atoms with Gasteiger partial charge in [-0.15, -0.1) is 0 Å². The first-order valence-corrected chi connectivity index (χ1v) is 5.20. The van der Waals surface area contributed by atoms with Crippen LogP contribution in [0, 0.1) is 0 Å². The average Bonchev–Trinajstić information content (AvgIpc) is 2.03. The van der Waals surface area contributed by atoms with Gasteiger partial charge >= 0.3 is 0 Å². The minimum atomic E-state index is 0.288. The molecule has 78 valence electrons. The number of rotatable bonds is 2. The maximum Gasteiger partial charge on any atom is 0.104 e. The number of benzene rings is 1. The summed E-state index contributed by atoms with van der Waals surface area (Å²) in [5.74, 6) is 0. The minimum Gasteiger partial charge on any atom is -0.321 e. The Hall–Kier alpha value is -0.820. The standard InChI is InChI=1S/C13H22N/c1-13(2,3)14(4,5)11-12-9-7-6-8-10-12/h6-10H,11H2,1-5H3/q+1. The maximum absolute atomic E-state index is 2.29. The van der Waals surface area contributed by atoms with E-state index in [1.54, 1.807) is 0 Å². The van der Waals surface area contributed by atoms with E-state index in [2.05, 4.69) is 65.2 Å². The zero-order valence-electron chi connectivity index (χ0n) is 10.0. The fraction of sp³-hybridized carbons (Fsp3) is 0.538. The predicted octanol–water partition coefficient (Wildman–Crippen LogP) is 3.06. The molecule has 0 aliphatic carbocycles. The number of nitrogens with zero attached hydrogens (tertiary/aromatic N) is 1. The molecule has 0 fully saturated rings. The van der Waals surface area contributed by atoms with Gasteiger partial charge in [0.05, 0.1) is 19.6 Å². The molecule has 1 aromatic rings. The van der Waals surface area contributed by atoms with Crippen LogP contribution in [0.5, 0.6) is 0 Å². The van der Waals surface area contributed by atoms with Crippen molar-refractivity contribution < 1.29 is 4.48 Å². The van der Waals surface area contributed by atoms with Crippen LogP contribution in [0.1, 0.15) is 26.3 Å². The van der Waals surface area contributed by atoms with Gasteiger partial charge in [0.15, 0.2) is 0 Å². The van der Waals surface area contributed by atoms with Gasteiger partial charge in [0.1, 0.15) is 6.54 Å². The molecule has 1 nitrogen and oxygen atoms in total. The van der Waals surface area contributed by atoms with Crippen molar-refractivity contribution in [3.63, 3.8) is 0 Å². The molecule has 0 unspecified atom stereocenters. The largest absolute Gasteiger partial charge is 0.321 e. The second kappa shape index (κ2) is 3.74. The van der Waals surface area contributed by atoms with Crippen molar-refractivity contribution >= 4 is 0 Å². The lowest BCUT2D eigenvalue weighted by atomic mass is 10.0. The van der Waals surface area contributed by atoms with E-state index in [-0.39, 0.29) is 5.54 Å². The second-order valence-corrected chi connectivity index (χ2v) is 5.50. The molecule has 0 heterocycles. The minimum absolute atomic E-state index is 0.288. The SMILES string of the molecule is CC(C)(C)[N+](C)(C)Cc1ccccc1. The Morgan fingerprint density at radius 2 is 1.50 bits per heavy atom. The highest BCUT2D eigenvalue weighted by Crippen LogP contribution is 2.22. The molecule has 0 atom stereocenters. The van der Waals surface area contributed by atoms with Crippen molar-refractivity contribution in [2.75, 3.05) is 14.1 Å². The molecule has 0 N–H and O–H groups in total. The predicted molar refractivity (Wildman–Crippen MR) is 62.0 cm³/mol. The molecular weight excluding hydrogens is 170 g/mol. The summed E-state index contributed by atoms with van der Waals surface area (Å²) in [5.41, 5.74) is 1.70. The van der Waals surface area contributed by atoms with Crippen LogP contribution in [0.15, 0.2) is 30.3 Å². The molecule has 0 aromatic heterocycles. The topological polar surface area (TPSA) is 0 Å². The molecule has 0 bridgehead atoms. The van der Waals surface area contributed by atoms with Crippen molar-refractivity contribution in [2.24, 2.45) is 0 Å². The molecule has 0 radical (unpaired) electrons. The van der Waals surface area contributed by atoms with E-state index < -0.39 is 0 Å². The number of hydrogen-bond acceptors (Lipinski definition) is 0. The van der Waals surface area contributed by atoms with E-state index >= 15 is 0 Å². The van der Waals surface area contributed by atoms with Gasteiger partial charge in [-0.25, -0.2) is 0 Å². The quantitative estimate of drug-likeness (QED) is 0.632. The summed E-state index contributed by atoms with van der Waals surface area (Å²) in [6.07, 6.45) is 0. The fourth-order valence-corrected chi connectivity index (χ4v) is 1.28. The summed E-state index contributed by atoms with van der Waals surface area (Å²) in [6, 6.07) is 10.7. The van der Waals surface area contributed by atoms with Crippen LogP contribution >= 0.6 is 0 Å². The van der Waals surface area contributed by atoms with E-state index in [9.17, 15) is 0 Å². The van der Waals surface area contributed by atoms with Gasteiger partial charge in [-0.1, -0.05) is 30.3 Å². The van der Waals surface area contributed by atoms with Crippen molar-refractivity contribution in [1.29, 1.82) is 0 Å². The smallest absolute Gasteiger partial charge is 0.104 e. The Bertz CT molecular complexity index is 280. The van der Waals surface area contributed by atoms with Crippen LogP contribution in [0.3, 0.4) is 0 Å². The fourth-order valence-electron chi connectivity index (χ4n) is 1.28. The summed E-state index contributed by atoms with van der Waals surface area (Å²) in [6.45, 7) is 7.95.